The average molecular weight is 665 g/mol. The lowest BCUT2D eigenvalue weighted by molar-refractivity contribution is -0.221. The van der Waals surface area contributed by atoms with Crippen LogP contribution >= 0.6 is 0 Å². The fraction of sp³-hybridized carbons (Fsp3) is 0.324. The van der Waals surface area contributed by atoms with E-state index in [-0.39, 0.29) is 0 Å². The van der Waals surface area contributed by atoms with Crippen LogP contribution in [0.25, 0.3) is 0 Å². The van der Waals surface area contributed by atoms with E-state index in [1.807, 2.05) is 60.7 Å². The maximum Gasteiger partial charge on any atom is 0.406 e. The highest BCUT2D eigenvalue weighted by atomic mass is 16.8. The largest absolute Gasteiger partial charge is 0.480 e. The van der Waals surface area contributed by atoms with E-state index >= 15 is 0 Å². The maximum atomic E-state index is 14.1. The first-order chi connectivity index (χ1) is 22.9. The van der Waals surface area contributed by atoms with Gasteiger partial charge in [-0.25, -0.2) is 14.4 Å². The first-order valence-electron chi connectivity index (χ1n) is 15.0. The molecule has 2 amide bonds. The lowest BCUT2D eigenvalue weighted by atomic mass is 9.85. The number of aliphatic carboxylic acids is 3. The lowest BCUT2D eigenvalue weighted by Crippen LogP contribution is -2.53. The third-order valence-corrected chi connectivity index (χ3v) is 7.87. The fourth-order valence-corrected chi connectivity index (χ4v) is 5.42. The van der Waals surface area contributed by atoms with E-state index in [0.29, 0.717) is 24.3 Å². The van der Waals surface area contributed by atoms with E-state index in [1.54, 1.807) is 31.2 Å². The van der Waals surface area contributed by atoms with Gasteiger partial charge in [0.15, 0.2) is 6.10 Å². The van der Waals surface area contributed by atoms with E-state index in [1.165, 1.54) is 7.05 Å². The summed E-state index contributed by atoms with van der Waals surface area (Å²) in [5.41, 5.74) is 1.75. The summed E-state index contributed by atoms with van der Waals surface area (Å²) < 4.78 is 21.4. The number of carboxylic acid groups (broad SMARTS) is 3. The molecule has 1 fully saturated rings. The molecule has 4 rings (SSSR count). The van der Waals surface area contributed by atoms with Gasteiger partial charge in [-0.05, 0) is 55.2 Å². The first-order valence-corrected chi connectivity index (χ1v) is 15.0. The Morgan fingerprint density at radius 2 is 1.44 bits per heavy atom. The molecule has 254 valence electrons. The van der Waals surface area contributed by atoms with Crippen molar-refractivity contribution in [2.75, 3.05) is 20.2 Å². The van der Waals surface area contributed by atoms with Crippen LogP contribution in [0.1, 0.15) is 30.4 Å². The Morgan fingerprint density at radius 1 is 0.854 bits per heavy atom. The number of hydrogen-bond donors (Lipinski definition) is 4. The highest BCUT2D eigenvalue weighted by Crippen LogP contribution is 2.35. The molecule has 0 saturated carbocycles. The molecule has 3 aromatic rings. The summed E-state index contributed by atoms with van der Waals surface area (Å²) in [6, 6.07) is 25.0. The number of rotatable bonds is 15. The topological polar surface area (TPSA) is 198 Å². The molecule has 0 bridgehead atoms. The molecule has 4 unspecified atom stereocenters. The quantitative estimate of drug-likeness (QED) is 0.173. The van der Waals surface area contributed by atoms with Gasteiger partial charge in [-0.2, -0.15) is 0 Å². The number of amides is 2. The number of hydrogen-bond acceptors (Lipinski definition) is 9. The summed E-state index contributed by atoms with van der Waals surface area (Å²) in [4.78, 5) is 63.1. The van der Waals surface area contributed by atoms with Crippen LogP contribution in [0.5, 0.6) is 11.5 Å². The van der Waals surface area contributed by atoms with Crippen molar-refractivity contribution in [2.24, 2.45) is 0 Å². The number of aryl methyl sites for hydroxylation is 1. The molecule has 0 aliphatic carbocycles. The number of nitrogens with zero attached hydrogens (tertiary/aromatic N) is 1. The Hall–Kier alpha value is -5.47. The van der Waals surface area contributed by atoms with E-state index in [0.717, 1.165) is 16.0 Å². The van der Waals surface area contributed by atoms with Crippen molar-refractivity contribution in [1.29, 1.82) is 0 Å². The molecular weight excluding hydrogens is 628 g/mol. The van der Waals surface area contributed by atoms with Crippen LogP contribution in [0.4, 0.5) is 4.79 Å². The van der Waals surface area contributed by atoms with Crippen molar-refractivity contribution in [3.63, 3.8) is 0 Å². The van der Waals surface area contributed by atoms with Gasteiger partial charge in [0.25, 0.3) is 5.91 Å². The lowest BCUT2D eigenvalue weighted by Gasteiger charge is -2.36. The minimum atomic E-state index is -3.31. The van der Waals surface area contributed by atoms with Crippen molar-refractivity contribution >= 4 is 29.9 Å². The molecule has 0 aromatic heterocycles. The molecular formula is C34H36N2O12. The zero-order valence-electron chi connectivity index (χ0n) is 26.2. The maximum absolute atomic E-state index is 14.1. The van der Waals surface area contributed by atoms with Crippen LogP contribution in [0.2, 0.25) is 0 Å². The number of ether oxygens (including phenoxy) is 4. The van der Waals surface area contributed by atoms with Crippen LogP contribution in [-0.4, -0.2) is 94.4 Å². The molecule has 4 atom stereocenters. The normalized spacial score (nSPS) is 17.8. The van der Waals surface area contributed by atoms with Crippen molar-refractivity contribution < 1.29 is 58.2 Å². The van der Waals surface area contributed by atoms with Gasteiger partial charge < -0.3 is 44.5 Å². The van der Waals surface area contributed by atoms with Crippen LogP contribution in [0.15, 0.2) is 84.9 Å². The third kappa shape index (κ3) is 8.46. The second-order valence-corrected chi connectivity index (χ2v) is 11.0. The van der Waals surface area contributed by atoms with Gasteiger partial charge >= 0.3 is 29.8 Å². The van der Waals surface area contributed by atoms with Gasteiger partial charge in [0.2, 0.25) is 0 Å². The van der Waals surface area contributed by atoms with Crippen LogP contribution < -0.4 is 10.1 Å². The van der Waals surface area contributed by atoms with E-state index < -0.39 is 73.0 Å². The van der Waals surface area contributed by atoms with Gasteiger partial charge in [-0.15, -0.1) is 0 Å². The Kier molecular flexibility index (Phi) is 11.7. The van der Waals surface area contributed by atoms with Crippen molar-refractivity contribution in [3.8, 4) is 11.5 Å². The standard InChI is InChI=1S/C34H36N2O12/c1-21(26(18-13-22-9-5-3-6-10-22)23-14-16-25(17-15-23)46-24-11-7-4-8-12-24)36(19-28(37)38)30(39)29-27(20-45-33(44)35-2)47-34(48-29,31(40)41)32(42)43/h3-12,14-17,21,26-27,29H,13,18-20H2,1-2H3,(H,35,44)(H,37,38)(H,40,41)(H,42,43). The molecule has 48 heavy (non-hydrogen) atoms. The van der Waals surface area contributed by atoms with Crippen molar-refractivity contribution in [2.45, 2.75) is 49.7 Å². The number of benzene rings is 3. The van der Waals surface area contributed by atoms with E-state index in [2.05, 4.69) is 5.32 Å². The molecule has 1 aliphatic rings. The number of para-hydroxylation sites is 1. The van der Waals surface area contributed by atoms with Gasteiger partial charge in [0.1, 0.15) is 30.8 Å². The van der Waals surface area contributed by atoms with Gasteiger partial charge in [-0.3, -0.25) is 9.59 Å². The Labute approximate surface area is 275 Å². The summed E-state index contributed by atoms with van der Waals surface area (Å²) in [7, 11) is 1.25. The molecule has 1 heterocycles. The predicted octanol–water partition coefficient (Wildman–Crippen LogP) is 3.50. The molecule has 0 spiro atoms. The van der Waals surface area contributed by atoms with Crippen molar-refractivity contribution in [1.82, 2.24) is 10.2 Å². The molecule has 14 heteroatoms. The summed E-state index contributed by atoms with van der Waals surface area (Å²) in [5.74, 6) is -9.19. The monoisotopic (exact) mass is 664 g/mol. The third-order valence-electron chi connectivity index (χ3n) is 7.87. The smallest absolute Gasteiger partial charge is 0.406 e. The van der Waals surface area contributed by atoms with Crippen LogP contribution in [0, 0.1) is 0 Å². The summed E-state index contributed by atoms with van der Waals surface area (Å²) in [6.07, 6.45) is -3.63. The summed E-state index contributed by atoms with van der Waals surface area (Å²) in [6.45, 7) is 0.0272. The minimum Gasteiger partial charge on any atom is -0.480 e. The van der Waals surface area contributed by atoms with Gasteiger partial charge in [0.05, 0.1) is 0 Å². The molecule has 14 nitrogen and oxygen atoms in total. The predicted molar refractivity (Wildman–Crippen MR) is 167 cm³/mol. The number of carboxylic acids is 3. The second kappa shape index (κ2) is 15.9. The second-order valence-electron chi connectivity index (χ2n) is 11.0. The zero-order valence-corrected chi connectivity index (χ0v) is 26.2. The summed E-state index contributed by atoms with van der Waals surface area (Å²) in [5, 5.41) is 31.5. The van der Waals surface area contributed by atoms with E-state index in [9.17, 15) is 39.3 Å². The minimum absolute atomic E-state index is 0.451. The van der Waals surface area contributed by atoms with Gasteiger partial charge in [-0.1, -0.05) is 60.7 Å². The molecule has 1 saturated heterocycles. The van der Waals surface area contributed by atoms with E-state index in [4.69, 9.17) is 18.9 Å². The van der Waals surface area contributed by atoms with Gasteiger partial charge in [0, 0.05) is 19.0 Å². The molecule has 4 N–H and O–H groups in total. The average Bonchev–Trinajstić information content (AvgIpc) is 3.49. The fourth-order valence-electron chi connectivity index (χ4n) is 5.42. The molecule has 1 aliphatic heterocycles. The Morgan fingerprint density at radius 3 is 2.00 bits per heavy atom. The summed E-state index contributed by atoms with van der Waals surface area (Å²) >= 11 is 0. The number of alkyl carbamates (subject to hydrolysis) is 1. The molecule has 0 radical (unpaired) electrons. The van der Waals surface area contributed by atoms with Crippen LogP contribution in [-0.2, 0) is 39.8 Å². The first kappa shape index (κ1) is 35.4. The highest BCUT2D eigenvalue weighted by molar-refractivity contribution is 6.01. The number of carbonyl (C=O) groups excluding carboxylic acids is 2. The Bertz CT molecular complexity index is 1570. The van der Waals surface area contributed by atoms with Crippen molar-refractivity contribution in [3.05, 3.63) is 96.1 Å². The highest BCUT2D eigenvalue weighted by Gasteiger charge is 2.62. The zero-order chi connectivity index (χ0) is 34.8. The SMILES string of the molecule is CNC(=O)OCC1OC(C(=O)O)(C(=O)O)OC1C(=O)N(CC(=O)O)C(C)C(CCc1ccccc1)c1ccc(Oc2ccccc2)cc1. The molecule has 3 aromatic carbocycles. The number of nitrogens with one attached hydrogen (secondary N) is 1. The number of carbonyl (C=O) groups is 5. The van der Waals surface area contributed by atoms with Crippen LogP contribution in [0.3, 0.4) is 0 Å². The Balaban J connectivity index is 1.68.